The van der Waals surface area contributed by atoms with Gasteiger partial charge in [-0.15, -0.1) is 0 Å². The third-order valence-corrected chi connectivity index (χ3v) is 2.92. The summed E-state index contributed by atoms with van der Waals surface area (Å²) >= 11 is 0. The molecule has 2 rings (SSSR count). The van der Waals surface area contributed by atoms with Gasteiger partial charge in [-0.05, 0) is 32.0 Å². The van der Waals surface area contributed by atoms with Crippen LogP contribution in [0.15, 0.2) is 18.2 Å². The Labute approximate surface area is 105 Å². The second-order valence-corrected chi connectivity index (χ2v) is 4.48. The fourth-order valence-corrected chi connectivity index (χ4v) is 1.80. The molecule has 96 valence electrons. The lowest BCUT2D eigenvalue weighted by atomic mass is 10.2. The molecule has 0 aliphatic carbocycles. The van der Waals surface area contributed by atoms with Gasteiger partial charge in [0, 0.05) is 19.2 Å². The molecule has 2 aromatic rings. The molecule has 0 spiro atoms. The number of fused-ring (bicyclic) bond motifs is 1. The highest BCUT2D eigenvalue weighted by Crippen LogP contribution is 2.16. The van der Waals surface area contributed by atoms with E-state index in [1.165, 1.54) is 0 Å². The molecule has 0 aliphatic rings. The molecule has 0 aliphatic heterocycles. The average molecular weight is 247 g/mol. The Balaban J connectivity index is 2.27. The van der Waals surface area contributed by atoms with E-state index in [4.69, 9.17) is 5.11 Å². The third-order valence-electron chi connectivity index (χ3n) is 2.92. The number of nitrogens with one attached hydrogen (secondary N) is 1. The number of aromatic nitrogens is 2. The minimum atomic E-state index is -0.547. The zero-order valence-corrected chi connectivity index (χ0v) is 10.8. The van der Waals surface area contributed by atoms with Crippen molar-refractivity contribution in [1.29, 1.82) is 0 Å². The van der Waals surface area contributed by atoms with Crippen LogP contribution in [0, 0.1) is 6.92 Å². The van der Waals surface area contributed by atoms with Gasteiger partial charge in [0.15, 0.2) is 0 Å². The van der Waals surface area contributed by atoms with E-state index in [1.807, 2.05) is 24.6 Å². The summed E-state index contributed by atoms with van der Waals surface area (Å²) in [5.41, 5.74) is 2.36. The second kappa shape index (κ2) is 4.78. The van der Waals surface area contributed by atoms with E-state index in [2.05, 4.69) is 10.3 Å². The molecule has 1 amide bonds. The molecule has 5 heteroatoms. The van der Waals surface area contributed by atoms with Crippen molar-refractivity contribution < 1.29 is 9.90 Å². The van der Waals surface area contributed by atoms with Crippen LogP contribution < -0.4 is 5.32 Å². The van der Waals surface area contributed by atoms with Crippen molar-refractivity contribution in [3.8, 4) is 0 Å². The van der Waals surface area contributed by atoms with Crippen LogP contribution in [0.25, 0.3) is 11.0 Å². The molecule has 0 fully saturated rings. The SMILES string of the molecule is Cc1nc2cc(C(=O)NCC(C)O)ccc2n1C. The number of imidazole rings is 1. The summed E-state index contributed by atoms with van der Waals surface area (Å²) in [6.07, 6.45) is -0.547. The Morgan fingerprint density at radius 3 is 2.94 bits per heavy atom. The number of hydrogen-bond donors (Lipinski definition) is 2. The molecule has 1 aromatic heterocycles. The lowest BCUT2D eigenvalue weighted by molar-refractivity contribution is 0.0924. The Morgan fingerprint density at radius 1 is 1.56 bits per heavy atom. The van der Waals surface area contributed by atoms with E-state index in [1.54, 1.807) is 19.1 Å². The first kappa shape index (κ1) is 12.6. The van der Waals surface area contributed by atoms with Crippen molar-refractivity contribution in [3.63, 3.8) is 0 Å². The van der Waals surface area contributed by atoms with E-state index < -0.39 is 6.10 Å². The monoisotopic (exact) mass is 247 g/mol. The van der Waals surface area contributed by atoms with Gasteiger partial charge in [0.25, 0.3) is 5.91 Å². The number of aliphatic hydroxyl groups is 1. The van der Waals surface area contributed by atoms with Crippen molar-refractivity contribution in [3.05, 3.63) is 29.6 Å². The summed E-state index contributed by atoms with van der Waals surface area (Å²) in [5, 5.41) is 11.8. The highest BCUT2D eigenvalue weighted by Gasteiger charge is 2.10. The number of benzene rings is 1. The Bertz CT molecular complexity index is 587. The summed E-state index contributed by atoms with van der Waals surface area (Å²) in [4.78, 5) is 16.2. The molecule has 1 heterocycles. The number of aryl methyl sites for hydroxylation is 2. The average Bonchev–Trinajstić information content (AvgIpc) is 2.61. The Morgan fingerprint density at radius 2 is 2.28 bits per heavy atom. The first-order chi connectivity index (χ1) is 8.49. The van der Waals surface area contributed by atoms with Gasteiger partial charge in [-0.2, -0.15) is 0 Å². The standard InChI is InChI=1S/C13H17N3O2/c1-8(17)7-14-13(18)10-4-5-12-11(6-10)15-9(2)16(12)3/h4-6,8,17H,7H2,1-3H3,(H,14,18). The maximum absolute atomic E-state index is 11.8. The zero-order valence-electron chi connectivity index (χ0n) is 10.8. The minimum absolute atomic E-state index is 0.193. The van der Waals surface area contributed by atoms with E-state index in [0.717, 1.165) is 16.9 Å². The molecule has 1 atom stereocenters. The summed E-state index contributed by atoms with van der Waals surface area (Å²) in [7, 11) is 1.94. The predicted molar refractivity (Wildman–Crippen MR) is 69.5 cm³/mol. The van der Waals surface area contributed by atoms with Crippen molar-refractivity contribution in [2.75, 3.05) is 6.54 Å². The maximum atomic E-state index is 11.8. The van der Waals surface area contributed by atoms with E-state index in [-0.39, 0.29) is 12.5 Å². The summed E-state index contributed by atoms with van der Waals surface area (Å²) in [6.45, 7) is 3.80. The van der Waals surface area contributed by atoms with Crippen LogP contribution in [-0.4, -0.2) is 33.2 Å². The molecular weight excluding hydrogens is 230 g/mol. The smallest absolute Gasteiger partial charge is 0.251 e. The Kier molecular flexibility index (Phi) is 3.34. The highest BCUT2D eigenvalue weighted by atomic mass is 16.3. The summed E-state index contributed by atoms with van der Waals surface area (Å²) in [5.74, 6) is 0.715. The van der Waals surface area contributed by atoms with Gasteiger partial charge in [0.1, 0.15) is 5.82 Å². The highest BCUT2D eigenvalue weighted by molar-refractivity contribution is 5.97. The van der Waals surface area contributed by atoms with Gasteiger partial charge < -0.3 is 15.0 Å². The van der Waals surface area contributed by atoms with E-state index in [0.29, 0.717) is 5.56 Å². The summed E-state index contributed by atoms with van der Waals surface area (Å²) < 4.78 is 1.98. The topological polar surface area (TPSA) is 67.2 Å². The van der Waals surface area contributed by atoms with Gasteiger partial charge in [-0.1, -0.05) is 0 Å². The van der Waals surface area contributed by atoms with Crippen LogP contribution in [0.5, 0.6) is 0 Å². The van der Waals surface area contributed by atoms with Crippen molar-refractivity contribution in [1.82, 2.24) is 14.9 Å². The van der Waals surface area contributed by atoms with Crippen molar-refractivity contribution >= 4 is 16.9 Å². The molecule has 5 nitrogen and oxygen atoms in total. The lowest BCUT2D eigenvalue weighted by Gasteiger charge is -2.07. The number of carbonyl (C=O) groups is 1. The minimum Gasteiger partial charge on any atom is -0.392 e. The van der Waals surface area contributed by atoms with Gasteiger partial charge in [0.2, 0.25) is 0 Å². The third kappa shape index (κ3) is 2.36. The largest absolute Gasteiger partial charge is 0.392 e. The maximum Gasteiger partial charge on any atom is 0.251 e. The molecule has 1 unspecified atom stereocenters. The molecular formula is C13H17N3O2. The zero-order chi connectivity index (χ0) is 13.3. The number of amides is 1. The van der Waals surface area contributed by atoms with E-state index in [9.17, 15) is 4.79 Å². The van der Waals surface area contributed by atoms with Crippen LogP contribution in [0.3, 0.4) is 0 Å². The number of aliphatic hydroxyl groups excluding tert-OH is 1. The van der Waals surface area contributed by atoms with Gasteiger partial charge in [-0.3, -0.25) is 4.79 Å². The van der Waals surface area contributed by atoms with Gasteiger partial charge in [0.05, 0.1) is 17.1 Å². The van der Waals surface area contributed by atoms with Crippen LogP contribution >= 0.6 is 0 Å². The summed E-state index contributed by atoms with van der Waals surface area (Å²) in [6, 6.07) is 5.41. The van der Waals surface area contributed by atoms with Crippen LogP contribution in [0.1, 0.15) is 23.1 Å². The van der Waals surface area contributed by atoms with Crippen LogP contribution in [-0.2, 0) is 7.05 Å². The molecule has 1 aromatic carbocycles. The van der Waals surface area contributed by atoms with E-state index >= 15 is 0 Å². The van der Waals surface area contributed by atoms with Crippen molar-refractivity contribution in [2.24, 2.45) is 7.05 Å². The number of nitrogens with zero attached hydrogens (tertiary/aromatic N) is 2. The number of hydrogen-bond acceptors (Lipinski definition) is 3. The Hall–Kier alpha value is -1.88. The van der Waals surface area contributed by atoms with Crippen LogP contribution in [0.2, 0.25) is 0 Å². The predicted octanol–water partition coefficient (Wildman–Crippen LogP) is 0.992. The van der Waals surface area contributed by atoms with Crippen molar-refractivity contribution in [2.45, 2.75) is 20.0 Å². The second-order valence-electron chi connectivity index (χ2n) is 4.48. The normalized spacial score (nSPS) is 12.7. The quantitative estimate of drug-likeness (QED) is 0.850. The number of rotatable bonds is 3. The fourth-order valence-electron chi connectivity index (χ4n) is 1.80. The number of carbonyl (C=O) groups excluding carboxylic acids is 1. The molecule has 0 radical (unpaired) electrons. The van der Waals surface area contributed by atoms with Gasteiger partial charge >= 0.3 is 0 Å². The fraction of sp³-hybridized carbons (Fsp3) is 0.385. The molecule has 0 saturated heterocycles. The van der Waals surface area contributed by atoms with Gasteiger partial charge in [-0.25, -0.2) is 4.98 Å². The molecule has 0 bridgehead atoms. The molecule has 2 N–H and O–H groups in total. The molecule has 0 saturated carbocycles. The lowest BCUT2D eigenvalue weighted by Crippen LogP contribution is -2.30. The first-order valence-electron chi connectivity index (χ1n) is 5.88. The first-order valence-corrected chi connectivity index (χ1v) is 5.88. The van der Waals surface area contributed by atoms with Crippen LogP contribution in [0.4, 0.5) is 0 Å². The molecule has 18 heavy (non-hydrogen) atoms.